The van der Waals surface area contributed by atoms with Gasteiger partial charge < -0.3 is 10.6 Å². The Kier molecular flexibility index (Phi) is 5.27. The molecule has 0 spiro atoms. The second-order valence-electron chi connectivity index (χ2n) is 5.71. The Balaban J connectivity index is 1.83. The molecule has 1 heterocycles. The quantitative estimate of drug-likeness (QED) is 0.668. The highest BCUT2D eigenvalue weighted by Gasteiger charge is 2.33. The summed E-state index contributed by atoms with van der Waals surface area (Å²) in [7, 11) is 0. The first-order chi connectivity index (χ1) is 13.4. The average Bonchev–Trinajstić information content (AvgIpc) is 2.68. The lowest BCUT2D eigenvalue weighted by atomic mass is 10.1. The van der Waals surface area contributed by atoms with Crippen molar-refractivity contribution >= 4 is 23.1 Å². The Hall–Kier alpha value is -3.86. The molecule has 5 nitrogen and oxygen atoms in total. The van der Waals surface area contributed by atoms with E-state index in [-0.39, 0.29) is 17.1 Å². The molecule has 0 atom stereocenters. The predicted octanol–water partition coefficient (Wildman–Crippen LogP) is 4.97. The van der Waals surface area contributed by atoms with Crippen LogP contribution in [0.25, 0.3) is 0 Å². The lowest BCUT2D eigenvalue weighted by molar-refractivity contribution is -0.136. The molecule has 2 aromatic carbocycles. The lowest BCUT2D eigenvalue weighted by Gasteiger charge is -2.14. The number of carbonyl (C=O) groups is 1. The van der Waals surface area contributed by atoms with E-state index >= 15 is 0 Å². The second kappa shape index (κ2) is 7.80. The number of halogens is 3. The maximum Gasteiger partial charge on any atom is 0.418 e. The van der Waals surface area contributed by atoms with Gasteiger partial charge in [0.1, 0.15) is 11.9 Å². The standard InChI is InChI=1S/C20H13F3N4O/c21-20(22,23)15-6-2-4-8-17(15)27-19(28)13-9-10-25-18(11-13)26-16-7-3-1-5-14(16)12-24/h1-11H,(H,25,26)(H,27,28). The van der Waals surface area contributed by atoms with Gasteiger partial charge in [-0.3, -0.25) is 4.79 Å². The molecule has 0 radical (unpaired) electrons. The number of carbonyl (C=O) groups excluding carboxylic acids is 1. The van der Waals surface area contributed by atoms with Gasteiger partial charge in [-0.15, -0.1) is 0 Å². The molecule has 0 saturated carbocycles. The number of nitrogens with zero attached hydrogens (tertiary/aromatic N) is 2. The van der Waals surface area contributed by atoms with Crippen molar-refractivity contribution in [2.24, 2.45) is 0 Å². The monoisotopic (exact) mass is 382 g/mol. The smallest absolute Gasteiger partial charge is 0.339 e. The van der Waals surface area contributed by atoms with Crippen molar-refractivity contribution in [2.45, 2.75) is 6.18 Å². The Bertz CT molecular complexity index is 1060. The summed E-state index contributed by atoms with van der Waals surface area (Å²) < 4.78 is 39.2. The number of aromatic nitrogens is 1. The number of rotatable bonds is 4. The fraction of sp³-hybridized carbons (Fsp3) is 0.0500. The van der Waals surface area contributed by atoms with Gasteiger partial charge in [0.15, 0.2) is 0 Å². The van der Waals surface area contributed by atoms with Crippen LogP contribution < -0.4 is 10.6 Å². The number of amides is 1. The maximum atomic E-state index is 13.1. The Morgan fingerprint density at radius 3 is 2.39 bits per heavy atom. The normalized spacial score (nSPS) is 10.8. The molecule has 3 aromatic rings. The van der Waals surface area contributed by atoms with E-state index in [4.69, 9.17) is 5.26 Å². The highest BCUT2D eigenvalue weighted by Crippen LogP contribution is 2.34. The minimum Gasteiger partial charge on any atom is -0.339 e. The molecule has 3 rings (SSSR count). The molecule has 0 aliphatic carbocycles. The molecule has 1 amide bonds. The number of hydrogen-bond acceptors (Lipinski definition) is 4. The van der Waals surface area contributed by atoms with Crippen LogP contribution in [0, 0.1) is 11.3 Å². The summed E-state index contributed by atoms with van der Waals surface area (Å²) in [6, 6.07) is 16.3. The highest BCUT2D eigenvalue weighted by molar-refractivity contribution is 6.05. The summed E-state index contributed by atoms with van der Waals surface area (Å²) in [5, 5.41) is 14.3. The van der Waals surface area contributed by atoms with Crippen LogP contribution in [0.4, 0.5) is 30.4 Å². The topological polar surface area (TPSA) is 77.8 Å². The highest BCUT2D eigenvalue weighted by atomic mass is 19.4. The zero-order valence-corrected chi connectivity index (χ0v) is 14.3. The van der Waals surface area contributed by atoms with Gasteiger partial charge in [0.25, 0.3) is 5.91 Å². The first-order valence-electron chi connectivity index (χ1n) is 8.08. The minimum atomic E-state index is -4.59. The van der Waals surface area contributed by atoms with Crippen molar-refractivity contribution in [1.82, 2.24) is 4.98 Å². The van der Waals surface area contributed by atoms with E-state index < -0.39 is 17.6 Å². The first kappa shape index (κ1) is 18.9. The third-order valence-electron chi connectivity index (χ3n) is 3.81. The van der Waals surface area contributed by atoms with Crippen LogP contribution in [0.2, 0.25) is 0 Å². The number of benzene rings is 2. The molecule has 2 N–H and O–H groups in total. The van der Waals surface area contributed by atoms with Crippen LogP contribution >= 0.6 is 0 Å². The van der Waals surface area contributed by atoms with E-state index in [1.54, 1.807) is 24.3 Å². The molecular formula is C20H13F3N4O. The van der Waals surface area contributed by atoms with Gasteiger partial charge in [-0.1, -0.05) is 24.3 Å². The Labute approximate surface area is 158 Å². The Morgan fingerprint density at radius 2 is 1.68 bits per heavy atom. The molecule has 0 unspecified atom stereocenters. The summed E-state index contributed by atoms with van der Waals surface area (Å²) in [4.78, 5) is 16.5. The minimum absolute atomic E-state index is 0.115. The molecular weight excluding hydrogens is 369 g/mol. The van der Waals surface area contributed by atoms with Crippen molar-refractivity contribution in [3.63, 3.8) is 0 Å². The number of para-hydroxylation sites is 2. The third kappa shape index (κ3) is 4.27. The van der Waals surface area contributed by atoms with E-state index in [0.29, 0.717) is 11.3 Å². The number of pyridine rings is 1. The summed E-state index contributed by atoms with van der Waals surface area (Å²) in [5.74, 6) is -0.435. The number of anilines is 3. The van der Waals surface area contributed by atoms with Gasteiger partial charge in [0, 0.05) is 11.8 Å². The van der Waals surface area contributed by atoms with Crippen LogP contribution in [-0.4, -0.2) is 10.9 Å². The third-order valence-corrected chi connectivity index (χ3v) is 3.81. The maximum absolute atomic E-state index is 13.1. The van der Waals surface area contributed by atoms with Gasteiger partial charge in [-0.25, -0.2) is 4.98 Å². The van der Waals surface area contributed by atoms with Crippen molar-refractivity contribution < 1.29 is 18.0 Å². The zero-order chi connectivity index (χ0) is 20.1. The van der Waals surface area contributed by atoms with E-state index in [1.165, 1.54) is 36.5 Å². The van der Waals surface area contributed by atoms with Crippen LogP contribution in [0.5, 0.6) is 0 Å². The fourth-order valence-corrected chi connectivity index (χ4v) is 2.50. The van der Waals surface area contributed by atoms with Crippen molar-refractivity contribution in [2.75, 3.05) is 10.6 Å². The van der Waals surface area contributed by atoms with Gasteiger partial charge in [0.2, 0.25) is 0 Å². The molecule has 28 heavy (non-hydrogen) atoms. The molecule has 0 saturated heterocycles. The average molecular weight is 382 g/mol. The number of nitriles is 1. The summed E-state index contributed by atoms with van der Waals surface area (Å²) in [6.07, 6.45) is -3.24. The molecule has 0 fully saturated rings. The van der Waals surface area contributed by atoms with Gasteiger partial charge in [-0.2, -0.15) is 18.4 Å². The Morgan fingerprint density at radius 1 is 1.00 bits per heavy atom. The van der Waals surface area contributed by atoms with E-state index in [2.05, 4.69) is 15.6 Å². The molecule has 8 heteroatoms. The molecule has 140 valence electrons. The van der Waals surface area contributed by atoms with Crippen molar-refractivity contribution in [3.8, 4) is 6.07 Å². The number of hydrogen-bond donors (Lipinski definition) is 2. The lowest BCUT2D eigenvalue weighted by Crippen LogP contribution is -2.16. The zero-order valence-electron chi connectivity index (χ0n) is 14.3. The SMILES string of the molecule is N#Cc1ccccc1Nc1cc(C(=O)Nc2ccccc2C(F)(F)F)ccn1. The predicted molar refractivity (Wildman–Crippen MR) is 98.1 cm³/mol. The van der Waals surface area contributed by atoms with Crippen LogP contribution in [0.3, 0.4) is 0 Å². The van der Waals surface area contributed by atoms with Crippen molar-refractivity contribution in [3.05, 3.63) is 83.6 Å². The van der Waals surface area contributed by atoms with Crippen LogP contribution in [0.1, 0.15) is 21.5 Å². The molecule has 1 aromatic heterocycles. The largest absolute Gasteiger partial charge is 0.418 e. The second-order valence-corrected chi connectivity index (χ2v) is 5.71. The van der Waals surface area contributed by atoms with E-state index in [9.17, 15) is 18.0 Å². The van der Waals surface area contributed by atoms with Crippen LogP contribution in [-0.2, 0) is 6.18 Å². The van der Waals surface area contributed by atoms with Gasteiger partial charge in [-0.05, 0) is 36.4 Å². The summed E-state index contributed by atoms with van der Waals surface area (Å²) in [6.45, 7) is 0. The number of nitrogens with one attached hydrogen (secondary N) is 2. The van der Waals surface area contributed by atoms with Crippen molar-refractivity contribution in [1.29, 1.82) is 5.26 Å². The fourth-order valence-electron chi connectivity index (χ4n) is 2.50. The van der Waals surface area contributed by atoms with E-state index in [0.717, 1.165) is 6.07 Å². The van der Waals surface area contributed by atoms with Crippen LogP contribution in [0.15, 0.2) is 66.9 Å². The van der Waals surface area contributed by atoms with Gasteiger partial charge in [0.05, 0.1) is 22.5 Å². The molecule has 0 aliphatic heterocycles. The summed E-state index contributed by atoms with van der Waals surface area (Å²) >= 11 is 0. The molecule has 0 aliphatic rings. The molecule has 0 bridgehead atoms. The van der Waals surface area contributed by atoms with Gasteiger partial charge >= 0.3 is 6.18 Å². The van der Waals surface area contributed by atoms with E-state index in [1.807, 2.05) is 6.07 Å². The number of alkyl halides is 3. The summed E-state index contributed by atoms with van der Waals surface area (Å²) in [5.41, 5.74) is -0.264. The first-order valence-corrected chi connectivity index (χ1v) is 8.08.